The minimum Gasteiger partial charge on any atom is -0.494 e. The molecule has 1 atom stereocenters. The van der Waals surface area contributed by atoms with Gasteiger partial charge in [-0.15, -0.1) is 0 Å². The summed E-state index contributed by atoms with van der Waals surface area (Å²) in [6.45, 7) is 3.59. The Hall–Kier alpha value is -2.08. The molecule has 0 saturated carbocycles. The van der Waals surface area contributed by atoms with Gasteiger partial charge in [0.25, 0.3) is 0 Å². The van der Waals surface area contributed by atoms with Crippen LogP contribution >= 0.6 is 0 Å². The molecule has 5 heteroatoms. The molecule has 0 saturated heterocycles. The van der Waals surface area contributed by atoms with Gasteiger partial charge < -0.3 is 24.4 Å². The van der Waals surface area contributed by atoms with Gasteiger partial charge in [0.1, 0.15) is 24.2 Å². The molecular weight excluding hydrogens is 392 g/mol. The van der Waals surface area contributed by atoms with Crippen LogP contribution in [0.2, 0.25) is 0 Å². The molecule has 0 radical (unpaired) electrons. The van der Waals surface area contributed by atoms with Crippen molar-refractivity contribution in [2.75, 3.05) is 33.0 Å². The first-order valence-corrected chi connectivity index (χ1v) is 11.6. The third-order valence-electron chi connectivity index (χ3n) is 5.08. The van der Waals surface area contributed by atoms with E-state index < -0.39 is 6.10 Å². The Morgan fingerprint density at radius 3 is 1.74 bits per heavy atom. The second-order valence-corrected chi connectivity index (χ2v) is 7.78. The van der Waals surface area contributed by atoms with Crippen molar-refractivity contribution in [1.82, 2.24) is 0 Å². The third-order valence-corrected chi connectivity index (χ3v) is 5.08. The number of ether oxygens (including phenoxy) is 3. The van der Waals surface area contributed by atoms with Crippen LogP contribution in [0.1, 0.15) is 51.9 Å². The molecule has 5 nitrogen and oxygen atoms in total. The molecule has 2 aromatic carbocycles. The van der Waals surface area contributed by atoms with Crippen LogP contribution in [0.25, 0.3) is 11.1 Å². The Kier molecular flexibility index (Phi) is 12.7. The first kappa shape index (κ1) is 25.2. The molecule has 2 aromatic rings. The summed E-state index contributed by atoms with van der Waals surface area (Å²) in [5, 5.41) is 17.9. The summed E-state index contributed by atoms with van der Waals surface area (Å²) in [7, 11) is 0. The lowest BCUT2D eigenvalue weighted by Gasteiger charge is -2.10. The minimum absolute atomic E-state index is 0.109. The average molecular weight is 431 g/mol. The molecule has 172 valence electrons. The first-order valence-electron chi connectivity index (χ1n) is 11.6. The minimum atomic E-state index is -0.837. The number of unbranched alkanes of at least 4 members (excludes halogenated alkanes) is 6. The fraction of sp³-hybridized carbons (Fsp3) is 0.538. The highest BCUT2D eigenvalue weighted by atomic mass is 16.5. The molecular formula is C26H38O5. The number of hydrogen-bond donors (Lipinski definition) is 2. The Bertz CT molecular complexity index is 684. The van der Waals surface area contributed by atoms with E-state index in [9.17, 15) is 5.11 Å². The molecule has 1 unspecified atom stereocenters. The van der Waals surface area contributed by atoms with E-state index in [0.29, 0.717) is 13.2 Å². The maximum Gasteiger partial charge on any atom is 0.119 e. The average Bonchev–Trinajstić information content (AvgIpc) is 2.81. The number of rotatable bonds is 17. The van der Waals surface area contributed by atoms with Gasteiger partial charge in [0.15, 0.2) is 0 Å². The van der Waals surface area contributed by atoms with Gasteiger partial charge in [-0.1, -0.05) is 69.7 Å². The van der Waals surface area contributed by atoms with E-state index in [0.717, 1.165) is 35.7 Å². The van der Waals surface area contributed by atoms with E-state index >= 15 is 0 Å². The molecule has 2 N–H and O–H groups in total. The van der Waals surface area contributed by atoms with Gasteiger partial charge in [0, 0.05) is 0 Å². The lowest BCUT2D eigenvalue weighted by atomic mass is 10.1. The summed E-state index contributed by atoms with van der Waals surface area (Å²) < 4.78 is 16.7. The standard InChI is InChI=1S/C26H38O5/c1-2-3-4-5-6-7-8-17-30-25-13-9-22(10-14-25)23-11-15-26(16-12-23)31-19-18-29-21-24(28)20-27/h9-16,24,27-28H,2-8,17-21H2,1H3. The summed E-state index contributed by atoms with van der Waals surface area (Å²) in [6.07, 6.45) is 8.18. The molecule has 31 heavy (non-hydrogen) atoms. The molecule has 2 rings (SSSR count). The first-order chi connectivity index (χ1) is 15.2. The summed E-state index contributed by atoms with van der Waals surface area (Å²) in [6, 6.07) is 16.1. The van der Waals surface area contributed by atoms with Crippen LogP contribution in [-0.4, -0.2) is 49.4 Å². The zero-order valence-electron chi connectivity index (χ0n) is 18.8. The molecule has 0 fully saturated rings. The highest BCUT2D eigenvalue weighted by Gasteiger charge is 2.03. The second-order valence-electron chi connectivity index (χ2n) is 7.78. The SMILES string of the molecule is CCCCCCCCCOc1ccc(-c2ccc(OCCOCC(O)CO)cc2)cc1. The van der Waals surface area contributed by atoms with E-state index in [1.807, 2.05) is 36.4 Å². The Balaban J connectivity index is 1.65. The van der Waals surface area contributed by atoms with Gasteiger partial charge >= 0.3 is 0 Å². The topological polar surface area (TPSA) is 68.2 Å². The van der Waals surface area contributed by atoms with Crippen LogP contribution in [0.3, 0.4) is 0 Å². The van der Waals surface area contributed by atoms with Crippen molar-refractivity contribution in [2.24, 2.45) is 0 Å². The maximum absolute atomic E-state index is 9.20. The van der Waals surface area contributed by atoms with Gasteiger partial charge in [0.2, 0.25) is 0 Å². The van der Waals surface area contributed by atoms with E-state index in [-0.39, 0.29) is 13.2 Å². The predicted molar refractivity (Wildman–Crippen MR) is 125 cm³/mol. The normalized spacial score (nSPS) is 12.0. The van der Waals surface area contributed by atoms with Crippen molar-refractivity contribution in [3.8, 4) is 22.6 Å². The monoisotopic (exact) mass is 430 g/mol. The smallest absolute Gasteiger partial charge is 0.119 e. The quantitative estimate of drug-likeness (QED) is 0.336. The lowest BCUT2D eigenvalue weighted by molar-refractivity contribution is -0.00138. The highest BCUT2D eigenvalue weighted by Crippen LogP contribution is 2.25. The summed E-state index contributed by atoms with van der Waals surface area (Å²) in [5.41, 5.74) is 2.25. The van der Waals surface area contributed by atoms with Gasteiger partial charge in [-0.3, -0.25) is 0 Å². The zero-order chi connectivity index (χ0) is 22.2. The summed E-state index contributed by atoms with van der Waals surface area (Å²) >= 11 is 0. The van der Waals surface area contributed by atoms with E-state index in [1.54, 1.807) is 0 Å². The van der Waals surface area contributed by atoms with E-state index in [4.69, 9.17) is 19.3 Å². The zero-order valence-corrected chi connectivity index (χ0v) is 18.8. The molecule has 0 aliphatic rings. The van der Waals surface area contributed by atoms with Gasteiger partial charge in [0.05, 0.1) is 26.4 Å². The Labute approximate surface area is 187 Å². The van der Waals surface area contributed by atoms with E-state index in [2.05, 4.69) is 19.1 Å². The second kappa shape index (κ2) is 15.7. The molecule has 0 spiro atoms. The van der Waals surface area contributed by atoms with Crippen molar-refractivity contribution < 1.29 is 24.4 Å². The van der Waals surface area contributed by atoms with E-state index in [1.165, 1.54) is 38.5 Å². The largest absolute Gasteiger partial charge is 0.494 e. The third kappa shape index (κ3) is 10.7. The Morgan fingerprint density at radius 2 is 1.19 bits per heavy atom. The van der Waals surface area contributed by atoms with Crippen LogP contribution in [0, 0.1) is 0 Å². The number of aliphatic hydroxyl groups excluding tert-OH is 2. The van der Waals surface area contributed by atoms with Gasteiger partial charge in [-0.25, -0.2) is 0 Å². The van der Waals surface area contributed by atoms with Crippen molar-refractivity contribution in [3.63, 3.8) is 0 Å². The Morgan fingerprint density at radius 1 is 0.677 bits per heavy atom. The molecule has 0 heterocycles. The van der Waals surface area contributed by atoms with Crippen molar-refractivity contribution >= 4 is 0 Å². The van der Waals surface area contributed by atoms with Gasteiger partial charge in [-0.2, -0.15) is 0 Å². The van der Waals surface area contributed by atoms with Crippen LogP contribution in [0.4, 0.5) is 0 Å². The molecule has 0 aliphatic carbocycles. The predicted octanol–water partition coefficient (Wildman–Crippen LogP) is 5.23. The van der Waals surface area contributed by atoms with Crippen LogP contribution < -0.4 is 9.47 Å². The maximum atomic E-state index is 9.20. The molecule has 0 aliphatic heterocycles. The lowest BCUT2D eigenvalue weighted by Crippen LogP contribution is -2.21. The van der Waals surface area contributed by atoms with Crippen LogP contribution in [0.5, 0.6) is 11.5 Å². The fourth-order valence-electron chi connectivity index (χ4n) is 3.23. The molecule has 0 amide bonds. The number of aliphatic hydroxyl groups is 2. The number of hydrogen-bond acceptors (Lipinski definition) is 5. The summed E-state index contributed by atoms with van der Waals surface area (Å²) in [4.78, 5) is 0. The summed E-state index contributed by atoms with van der Waals surface area (Å²) in [5.74, 6) is 1.69. The molecule has 0 aromatic heterocycles. The fourth-order valence-corrected chi connectivity index (χ4v) is 3.23. The molecule has 0 bridgehead atoms. The highest BCUT2D eigenvalue weighted by molar-refractivity contribution is 5.64. The van der Waals surface area contributed by atoms with Crippen LogP contribution in [0.15, 0.2) is 48.5 Å². The van der Waals surface area contributed by atoms with Crippen molar-refractivity contribution in [1.29, 1.82) is 0 Å². The van der Waals surface area contributed by atoms with Crippen molar-refractivity contribution in [3.05, 3.63) is 48.5 Å². The number of benzene rings is 2. The van der Waals surface area contributed by atoms with Crippen molar-refractivity contribution in [2.45, 2.75) is 58.0 Å². The van der Waals surface area contributed by atoms with Gasteiger partial charge in [-0.05, 0) is 41.8 Å². The van der Waals surface area contributed by atoms with Crippen LogP contribution in [-0.2, 0) is 4.74 Å².